The highest BCUT2D eigenvalue weighted by molar-refractivity contribution is 6.31. The number of amides is 2. The number of halogens is 1. The molecule has 2 rings (SSSR count). The number of carbonyl (C=O) groups is 2. The molecule has 26 heavy (non-hydrogen) atoms. The number of methoxy groups -OCH3 is 1. The lowest BCUT2D eigenvalue weighted by atomic mass is 10.1. The van der Waals surface area contributed by atoms with E-state index < -0.39 is 29.1 Å². The van der Waals surface area contributed by atoms with E-state index in [1.807, 2.05) is 0 Å². The Morgan fingerprint density at radius 1 is 1.00 bits per heavy atom. The predicted octanol–water partition coefficient (Wildman–Crippen LogP) is 1.63. The van der Waals surface area contributed by atoms with E-state index in [2.05, 4.69) is 10.6 Å². The Morgan fingerprint density at radius 2 is 1.58 bits per heavy atom. The molecule has 0 aliphatic rings. The van der Waals surface area contributed by atoms with Gasteiger partial charge in [-0.05, 0) is 30.3 Å². The van der Waals surface area contributed by atoms with E-state index in [-0.39, 0.29) is 24.2 Å². The molecule has 8 nitrogen and oxygen atoms in total. The summed E-state index contributed by atoms with van der Waals surface area (Å²) >= 11 is 5.87. The molecule has 0 saturated heterocycles. The van der Waals surface area contributed by atoms with Crippen LogP contribution in [0.3, 0.4) is 0 Å². The monoisotopic (exact) mass is 380 g/mol. The topological polar surface area (TPSA) is 128 Å². The zero-order chi connectivity index (χ0) is 19.3. The molecule has 0 spiro atoms. The molecule has 5 N–H and O–H groups in total. The van der Waals surface area contributed by atoms with Crippen molar-refractivity contribution in [1.29, 1.82) is 0 Å². The molecule has 2 aromatic rings. The molecular weight excluding hydrogens is 364 g/mol. The quantitative estimate of drug-likeness (QED) is 0.382. The van der Waals surface area contributed by atoms with E-state index in [9.17, 15) is 24.9 Å². The van der Waals surface area contributed by atoms with E-state index in [0.717, 1.165) is 12.1 Å². The van der Waals surface area contributed by atoms with Crippen LogP contribution in [0.2, 0.25) is 5.02 Å². The first-order valence-electron chi connectivity index (χ1n) is 7.48. The van der Waals surface area contributed by atoms with Crippen LogP contribution < -0.4 is 15.4 Å². The third-order valence-electron chi connectivity index (χ3n) is 3.43. The summed E-state index contributed by atoms with van der Waals surface area (Å²) in [7, 11) is 1.43. The highest BCUT2D eigenvalue weighted by atomic mass is 35.5. The molecule has 2 aromatic carbocycles. The van der Waals surface area contributed by atoms with Crippen LogP contribution in [0.15, 0.2) is 30.3 Å². The van der Waals surface area contributed by atoms with Gasteiger partial charge in [0.1, 0.15) is 5.75 Å². The van der Waals surface area contributed by atoms with Gasteiger partial charge < -0.3 is 30.7 Å². The van der Waals surface area contributed by atoms with Crippen LogP contribution in [0, 0.1) is 0 Å². The average Bonchev–Trinajstić information content (AvgIpc) is 2.62. The second-order valence-electron chi connectivity index (χ2n) is 5.22. The number of carbonyl (C=O) groups excluding carboxylic acids is 2. The number of phenolic OH excluding ortho intramolecular Hbond substituents is 3. The van der Waals surface area contributed by atoms with Crippen molar-refractivity contribution in [3.05, 3.63) is 46.5 Å². The third-order valence-corrected chi connectivity index (χ3v) is 3.67. The first kappa shape index (κ1) is 19.2. The lowest BCUT2D eigenvalue weighted by molar-refractivity contribution is 0.0925. The molecule has 2 amide bonds. The Labute approximate surface area is 154 Å². The third kappa shape index (κ3) is 4.48. The number of aromatic hydroxyl groups is 3. The van der Waals surface area contributed by atoms with Crippen molar-refractivity contribution >= 4 is 23.4 Å². The van der Waals surface area contributed by atoms with E-state index in [1.54, 1.807) is 12.1 Å². The van der Waals surface area contributed by atoms with Crippen LogP contribution in [-0.2, 0) is 0 Å². The lowest BCUT2D eigenvalue weighted by Crippen LogP contribution is -2.34. The van der Waals surface area contributed by atoms with E-state index >= 15 is 0 Å². The summed E-state index contributed by atoms with van der Waals surface area (Å²) in [4.78, 5) is 24.1. The highest BCUT2D eigenvalue weighted by Crippen LogP contribution is 2.35. The first-order chi connectivity index (χ1) is 12.3. The van der Waals surface area contributed by atoms with Crippen LogP contribution >= 0.6 is 11.6 Å². The number of rotatable bonds is 6. The molecule has 9 heteroatoms. The minimum absolute atomic E-state index is 0.0411. The summed E-state index contributed by atoms with van der Waals surface area (Å²) in [5, 5.41) is 33.6. The van der Waals surface area contributed by atoms with Gasteiger partial charge in [-0.1, -0.05) is 11.6 Å². The molecule has 0 aliphatic carbocycles. The molecule has 0 aromatic heterocycles. The molecular formula is C17H17ClN2O6. The SMILES string of the molecule is COc1ccc(Cl)cc1C(=O)NCCNC(=O)c1cc(O)c(O)c(O)c1. The Morgan fingerprint density at radius 3 is 2.15 bits per heavy atom. The number of hydrogen-bond acceptors (Lipinski definition) is 6. The molecule has 138 valence electrons. The number of benzene rings is 2. The van der Waals surface area contributed by atoms with Gasteiger partial charge in [0.05, 0.1) is 12.7 Å². The van der Waals surface area contributed by atoms with Gasteiger partial charge in [0, 0.05) is 23.7 Å². The van der Waals surface area contributed by atoms with Crippen molar-refractivity contribution in [2.75, 3.05) is 20.2 Å². The Bertz CT molecular complexity index is 817. The van der Waals surface area contributed by atoms with Crippen molar-refractivity contribution in [2.45, 2.75) is 0 Å². The smallest absolute Gasteiger partial charge is 0.255 e. The number of ether oxygens (including phenoxy) is 1. The van der Waals surface area contributed by atoms with Crippen molar-refractivity contribution < 1.29 is 29.6 Å². The summed E-state index contributed by atoms with van der Waals surface area (Å²) in [6, 6.07) is 6.67. The van der Waals surface area contributed by atoms with Crippen LogP contribution in [0.4, 0.5) is 0 Å². The predicted molar refractivity (Wildman–Crippen MR) is 94.1 cm³/mol. The fourth-order valence-electron chi connectivity index (χ4n) is 2.14. The van der Waals surface area contributed by atoms with Gasteiger partial charge in [-0.2, -0.15) is 0 Å². The molecule has 0 unspecified atom stereocenters. The van der Waals surface area contributed by atoms with E-state index in [0.29, 0.717) is 10.8 Å². The van der Waals surface area contributed by atoms with Gasteiger partial charge in [0.15, 0.2) is 17.2 Å². The first-order valence-corrected chi connectivity index (χ1v) is 7.86. The van der Waals surface area contributed by atoms with E-state index in [1.165, 1.54) is 13.2 Å². The Balaban J connectivity index is 1.90. The summed E-state index contributed by atoms with van der Waals surface area (Å²) < 4.78 is 5.10. The number of hydrogen-bond donors (Lipinski definition) is 5. The van der Waals surface area contributed by atoms with Gasteiger partial charge in [-0.3, -0.25) is 9.59 Å². The van der Waals surface area contributed by atoms with Crippen LogP contribution in [0.5, 0.6) is 23.0 Å². The molecule has 0 aliphatic heterocycles. The van der Waals surface area contributed by atoms with Crippen molar-refractivity contribution in [1.82, 2.24) is 10.6 Å². The fourth-order valence-corrected chi connectivity index (χ4v) is 2.31. The second-order valence-corrected chi connectivity index (χ2v) is 5.66. The zero-order valence-electron chi connectivity index (χ0n) is 13.7. The Kier molecular flexibility index (Phi) is 6.13. The zero-order valence-corrected chi connectivity index (χ0v) is 14.5. The van der Waals surface area contributed by atoms with Gasteiger partial charge in [0.2, 0.25) is 0 Å². The molecule has 0 radical (unpaired) electrons. The number of nitrogens with one attached hydrogen (secondary N) is 2. The molecule has 0 fully saturated rings. The molecule has 0 bridgehead atoms. The summed E-state index contributed by atoms with van der Waals surface area (Å²) in [5.74, 6) is -2.58. The lowest BCUT2D eigenvalue weighted by Gasteiger charge is -2.11. The number of phenols is 3. The summed E-state index contributed by atoms with van der Waals surface area (Å²) in [5.41, 5.74) is 0.223. The van der Waals surface area contributed by atoms with Crippen LogP contribution in [0.1, 0.15) is 20.7 Å². The van der Waals surface area contributed by atoms with Gasteiger partial charge in [-0.25, -0.2) is 0 Å². The minimum atomic E-state index is -0.704. The summed E-state index contributed by atoms with van der Waals surface area (Å²) in [6.07, 6.45) is 0. The van der Waals surface area contributed by atoms with Crippen molar-refractivity contribution in [3.63, 3.8) is 0 Å². The van der Waals surface area contributed by atoms with Gasteiger partial charge in [-0.15, -0.1) is 0 Å². The molecule has 0 heterocycles. The maximum atomic E-state index is 12.2. The largest absolute Gasteiger partial charge is 0.504 e. The van der Waals surface area contributed by atoms with Crippen molar-refractivity contribution in [2.24, 2.45) is 0 Å². The van der Waals surface area contributed by atoms with Gasteiger partial charge >= 0.3 is 0 Å². The Hall–Kier alpha value is -3.13. The van der Waals surface area contributed by atoms with Crippen LogP contribution in [0.25, 0.3) is 0 Å². The standard InChI is InChI=1S/C17H17ClN2O6/c1-26-14-3-2-10(18)8-11(14)17(25)20-5-4-19-16(24)9-6-12(21)15(23)13(22)7-9/h2-3,6-8,21-23H,4-5H2,1H3,(H,19,24)(H,20,25). The van der Waals surface area contributed by atoms with Crippen LogP contribution in [-0.4, -0.2) is 47.3 Å². The molecule has 0 saturated carbocycles. The average molecular weight is 381 g/mol. The summed E-state index contributed by atoms with van der Waals surface area (Å²) in [6.45, 7) is 0.214. The van der Waals surface area contributed by atoms with E-state index in [4.69, 9.17) is 16.3 Å². The maximum Gasteiger partial charge on any atom is 0.255 e. The highest BCUT2D eigenvalue weighted by Gasteiger charge is 2.14. The maximum absolute atomic E-state index is 12.2. The van der Waals surface area contributed by atoms with Gasteiger partial charge in [0.25, 0.3) is 11.8 Å². The normalized spacial score (nSPS) is 10.2. The fraction of sp³-hybridized carbons (Fsp3) is 0.176. The molecule has 0 atom stereocenters. The van der Waals surface area contributed by atoms with Crippen molar-refractivity contribution in [3.8, 4) is 23.0 Å². The minimum Gasteiger partial charge on any atom is -0.504 e. The second kappa shape index (κ2) is 8.30.